The predicted octanol–water partition coefficient (Wildman–Crippen LogP) is 3.83. The first-order chi connectivity index (χ1) is 8.74. The van der Waals surface area contributed by atoms with Gasteiger partial charge in [-0.25, -0.2) is 0 Å². The van der Waals surface area contributed by atoms with Gasteiger partial charge in [-0.1, -0.05) is 38.8 Å². The standard InChI is InChI=1S/C10H12N4O2S2/c11-13-12-6-8-18-17-7-5-9-1-3-10(4-2-9)14(15)16/h1-4H,5-8H2. The molecule has 0 bridgehead atoms. The van der Waals surface area contributed by atoms with Gasteiger partial charge >= 0.3 is 0 Å². The third-order valence-electron chi connectivity index (χ3n) is 2.04. The van der Waals surface area contributed by atoms with Crippen LogP contribution in [0.3, 0.4) is 0 Å². The average Bonchev–Trinajstić information content (AvgIpc) is 2.38. The largest absolute Gasteiger partial charge is 0.269 e. The normalized spacial score (nSPS) is 9.78. The maximum atomic E-state index is 10.5. The van der Waals surface area contributed by atoms with E-state index in [0.29, 0.717) is 6.54 Å². The quantitative estimate of drug-likeness (QED) is 0.138. The molecular formula is C10H12N4O2S2. The van der Waals surface area contributed by atoms with Crippen LogP contribution < -0.4 is 0 Å². The highest BCUT2D eigenvalue weighted by molar-refractivity contribution is 8.76. The van der Waals surface area contributed by atoms with Crippen LogP contribution in [0.1, 0.15) is 5.56 Å². The third-order valence-corrected chi connectivity index (χ3v) is 4.43. The van der Waals surface area contributed by atoms with Gasteiger partial charge in [0.15, 0.2) is 0 Å². The highest BCUT2D eigenvalue weighted by Gasteiger charge is 2.03. The zero-order chi connectivity index (χ0) is 13.2. The van der Waals surface area contributed by atoms with Gasteiger partial charge in [0, 0.05) is 35.1 Å². The van der Waals surface area contributed by atoms with Crippen molar-refractivity contribution in [3.63, 3.8) is 0 Å². The second-order valence-electron chi connectivity index (χ2n) is 3.27. The first kappa shape index (κ1) is 14.7. The molecule has 1 aromatic rings. The molecule has 0 aliphatic rings. The van der Waals surface area contributed by atoms with E-state index in [9.17, 15) is 10.1 Å². The fourth-order valence-corrected chi connectivity index (χ4v) is 3.08. The van der Waals surface area contributed by atoms with Gasteiger partial charge in [-0.05, 0) is 17.5 Å². The molecule has 0 atom stereocenters. The molecule has 0 saturated carbocycles. The van der Waals surface area contributed by atoms with E-state index in [1.807, 2.05) is 0 Å². The molecule has 1 aromatic carbocycles. The van der Waals surface area contributed by atoms with Crippen LogP contribution >= 0.6 is 21.6 Å². The molecule has 18 heavy (non-hydrogen) atoms. The van der Waals surface area contributed by atoms with Crippen molar-refractivity contribution in [2.75, 3.05) is 18.1 Å². The minimum absolute atomic E-state index is 0.121. The van der Waals surface area contributed by atoms with Gasteiger partial charge in [0.1, 0.15) is 0 Å². The lowest BCUT2D eigenvalue weighted by atomic mass is 10.1. The van der Waals surface area contributed by atoms with E-state index in [2.05, 4.69) is 10.0 Å². The van der Waals surface area contributed by atoms with Gasteiger partial charge in [-0.2, -0.15) is 0 Å². The fourth-order valence-electron chi connectivity index (χ4n) is 1.18. The summed E-state index contributed by atoms with van der Waals surface area (Å²) in [5, 5.41) is 13.9. The van der Waals surface area contributed by atoms with Gasteiger partial charge in [0.05, 0.1) is 4.92 Å². The number of hydrogen-bond acceptors (Lipinski definition) is 5. The number of nitro benzene ring substituents is 1. The highest BCUT2D eigenvalue weighted by Crippen LogP contribution is 2.22. The lowest BCUT2D eigenvalue weighted by Gasteiger charge is -2.00. The summed E-state index contributed by atoms with van der Waals surface area (Å²) in [7, 11) is 3.37. The first-order valence-electron chi connectivity index (χ1n) is 5.22. The molecule has 0 amide bonds. The third kappa shape index (κ3) is 5.81. The molecule has 1 rings (SSSR count). The molecule has 0 radical (unpaired) electrons. The maximum absolute atomic E-state index is 10.5. The second kappa shape index (κ2) is 8.68. The summed E-state index contributed by atoms with van der Waals surface area (Å²) in [4.78, 5) is 12.7. The van der Waals surface area contributed by atoms with Crippen molar-refractivity contribution in [1.29, 1.82) is 0 Å². The molecule has 96 valence electrons. The summed E-state index contributed by atoms with van der Waals surface area (Å²) >= 11 is 0. The van der Waals surface area contributed by atoms with Crippen LogP contribution in [-0.2, 0) is 6.42 Å². The number of azide groups is 1. The molecule has 6 nitrogen and oxygen atoms in total. The van der Waals surface area contributed by atoms with E-state index in [4.69, 9.17) is 5.53 Å². The number of benzene rings is 1. The summed E-state index contributed by atoms with van der Waals surface area (Å²) in [5.41, 5.74) is 9.28. The molecule has 0 N–H and O–H groups in total. The summed E-state index contributed by atoms with van der Waals surface area (Å²) < 4.78 is 0. The van der Waals surface area contributed by atoms with Crippen molar-refractivity contribution in [1.82, 2.24) is 0 Å². The van der Waals surface area contributed by atoms with Gasteiger partial charge < -0.3 is 0 Å². The Hall–Kier alpha value is -1.37. The topological polar surface area (TPSA) is 91.9 Å². The number of nitrogens with zero attached hydrogens (tertiary/aromatic N) is 4. The summed E-state index contributed by atoms with van der Waals surface area (Å²) in [6.07, 6.45) is 0.872. The molecule has 0 unspecified atom stereocenters. The molecule has 0 aliphatic carbocycles. The van der Waals surface area contributed by atoms with Gasteiger partial charge in [0.2, 0.25) is 0 Å². The summed E-state index contributed by atoms with van der Waals surface area (Å²) in [5.74, 6) is 1.73. The Morgan fingerprint density at radius 1 is 1.28 bits per heavy atom. The number of aryl methyl sites for hydroxylation is 1. The average molecular weight is 284 g/mol. The van der Waals surface area contributed by atoms with Crippen molar-refractivity contribution >= 4 is 27.3 Å². The Morgan fingerprint density at radius 2 is 1.94 bits per heavy atom. The van der Waals surface area contributed by atoms with E-state index in [1.165, 1.54) is 12.1 Å². The van der Waals surface area contributed by atoms with Gasteiger partial charge in [0.25, 0.3) is 5.69 Å². The van der Waals surface area contributed by atoms with Gasteiger partial charge in [-0.3, -0.25) is 10.1 Å². The molecule has 0 spiro atoms. The van der Waals surface area contributed by atoms with Crippen LogP contribution in [0.4, 0.5) is 5.69 Å². The number of rotatable bonds is 8. The van der Waals surface area contributed by atoms with Crippen LogP contribution in [0.5, 0.6) is 0 Å². The number of hydrogen-bond donors (Lipinski definition) is 0. The molecule has 0 fully saturated rings. The number of nitro groups is 1. The predicted molar refractivity (Wildman–Crippen MR) is 75.7 cm³/mol. The minimum atomic E-state index is -0.399. The van der Waals surface area contributed by atoms with Crippen LogP contribution in [0, 0.1) is 10.1 Å². The minimum Gasteiger partial charge on any atom is -0.258 e. The Kier molecular flexibility index (Phi) is 7.09. The van der Waals surface area contributed by atoms with Crippen LogP contribution in [0.15, 0.2) is 29.4 Å². The zero-order valence-corrected chi connectivity index (χ0v) is 11.2. The lowest BCUT2D eigenvalue weighted by Crippen LogP contribution is -1.91. The summed E-state index contributed by atoms with van der Waals surface area (Å²) in [6.45, 7) is 0.506. The monoisotopic (exact) mass is 284 g/mol. The maximum Gasteiger partial charge on any atom is 0.269 e. The van der Waals surface area contributed by atoms with E-state index >= 15 is 0 Å². The summed E-state index contributed by atoms with van der Waals surface area (Å²) in [6, 6.07) is 6.61. The fraction of sp³-hybridized carbons (Fsp3) is 0.400. The van der Waals surface area contributed by atoms with E-state index in [0.717, 1.165) is 23.5 Å². The van der Waals surface area contributed by atoms with Gasteiger partial charge in [-0.15, -0.1) is 0 Å². The Bertz CT molecular complexity index is 432. The number of non-ortho nitro benzene ring substituents is 1. The van der Waals surface area contributed by atoms with Crippen LogP contribution in [-0.4, -0.2) is 23.0 Å². The molecule has 0 heterocycles. The van der Waals surface area contributed by atoms with Crippen molar-refractivity contribution in [2.45, 2.75) is 6.42 Å². The first-order valence-corrected chi connectivity index (χ1v) is 7.71. The molecule has 0 saturated heterocycles. The van der Waals surface area contributed by atoms with Crippen molar-refractivity contribution < 1.29 is 4.92 Å². The van der Waals surface area contributed by atoms with E-state index < -0.39 is 4.92 Å². The van der Waals surface area contributed by atoms with Crippen molar-refractivity contribution in [3.8, 4) is 0 Å². The van der Waals surface area contributed by atoms with Crippen molar-refractivity contribution in [2.24, 2.45) is 5.11 Å². The SMILES string of the molecule is [N-]=[N+]=NCCSSCCc1ccc([N+](=O)[O-])cc1. The van der Waals surface area contributed by atoms with E-state index in [-0.39, 0.29) is 5.69 Å². The lowest BCUT2D eigenvalue weighted by molar-refractivity contribution is -0.384. The Labute approximate surface area is 112 Å². The molecule has 0 aliphatic heterocycles. The zero-order valence-electron chi connectivity index (χ0n) is 9.56. The van der Waals surface area contributed by atoms with Crippen molar-refractivity contribution in [3.05, 3.63) is 50.4 Å². The Balaban J connectivity index is 2.19. The highest BCUT2D eigenvalue weighted by atomic mass is 33.1. The second-order valence-corrected chi connectivity index (χ2v) is 5.97. The molecule has 8 heteroatoms. The smallest absolute Gasteiger partial charge is 0.258 e. The molecule has 0 aromatic heterocycles. The van der Waals surface area contributed by atoms with Crippen LogP contribution in [0.25, 0.3) is 10.4 Å². The molecular weight excluding hydrogens is 272 g/mol. The van der Waals surface area contributed by atoms with E-state index in [1.54, 1.807) is 33.7 Å². The Morgan fingerprint density at radius 3 is 2.56 bits per heavy atom. The van der Waals surface area contributed by atoms with Crippen LogP contribution in [0.2, 0.25) is 0 Å².